The van der Waals surface area contributed by atoms with E-state index in [0.29, 0.717) is 31.5 Å². The maximum Gasteiger partial charge on any atom is 0.231 e. The lowest BCUT2D eigenvalue weighted by atomic mass is 9.70. The van der Waals surface area contributed by atoms with Crippen molar-refractivity contribution >= 4 is 0 Å². The molecule has 0 amide bonds. The van der Waals surface area contributed by atoms with Gasteiger partial charge in [-0.1, -0.05) is 26.8 Å². The van der Waals surface area contributed by atoms with Crippen LogP contribution in [0.5, 0.6) is 11.5 Å². The van der Waals surface area contributed by atoms with Crippen LogP contribution in [0.2, 0.25) is 0 Å². The minimum atomic E-state index is -0.411. The zero-order valence-electron chi connectivity index (χ0n) is 19.3. The molecule has 4 atom stereocenters. The van der Waals surface area contributed by atoms with Crippen molar-refractivity contribution in [3.05, 3.63) is 23.8 Å². The van der Waals surface area contributed by atoms with Crippen LogP contribution < -0.4 is 9.47 Å². The summed E-state index contributed by atoms with van der Waals surface area (Å²) < 4.78 is 17.2. The Morgan fingerprint density at radius 3 is 2.55 bits per heavy atom. The predicted molar refractivity (Wildman–Crippen MR) is 119 cm³/mol. The van der Waals surface area contributed by atoms with Crippen LogP contribution in [0.25, 0.3) is 0 Å². The molecule has 0 unspecified atom stereocenters. The number of fused-ring (bicyclic) bond motifs is 3. The highest BCUT2D eigenvalue weighted by Gasteiger charge is 2.61. The van der Waals surface area contributed by atoms with E-state index >= 15 is 0 Å². The molecule has 1 N–H and O–H groups in total. The number of hydrogen-bond donors (Lipinski definition) is 1. The number of aliphatic hydroxyl groups excluding tert-OH is 1. The SMILES string of the molecule is CC1(C)[C@@H]2CC[C@]1(C)[C@H](OC[C@H](O)CN1CCN(Cc3ccc4c(c3)OCO4)CC1)C2. The first-order chi connectivity index (χ1) is 14.8. The second-order valence-electron chi connectivity index (χ2n) is 10.9. The molecular weight excluding hydrogens is 392 g/mol. The minimum absolute atomic E-state index is 0.262. The zero-order chi connectivity index (χ0) is 21.6. The molecule has 31 heavy (non-hydrogen) atoms. The first-order valence-electron chi connectivity index (χ1n) is 12.0. The van der Waals surface area contributed by atoms with Crippen LogP contribution in [0, 0.1) is 16.7 Å². The van der Waals surface area contributed by atoms with Crippen molar-refractivity contribution in [1.82, 2.24) is 9.80 Å². The van der Waals surface area contributed by atoms with E-state index in [-0.39, 0.29) is 5.41 Å². The highest BCUT2D eigenvalue weighted by Crippen LogP contribution is 2.66. The fraction of sp³-hybridized carbons (Fsp3) is 0.760. The van der Waals surface area contributed by atoms with E-state index in [1.807, 2.05) is 6.07 Å². The van der Waals surface area contributed by atoms with Gasteiger partial charge in [-0.3, -0.25) is 9.80 Å². The number of ether oxygens (including phenoxy) is 3. The molecule has 0 radical (unpaired) electrons. The van der Waals surface area contributed by atoms with Gasteiger partial charge in [0.2, 0.25) is 6.79 Å². The molecule has 1 aromatic rings. The van der Waals surface area contributed by atoms with Crippen LogP contribution in [0.1, 0.15) is 45.6 Å². The Morgan fingerprint density at radius 1 is 1.10 bits per heavy atom. The predicted octanol–water partition coefficient (Wildman–Crippen LogP) is 3.13. The smallest absolute Gasteiger partial charge is 0.231 e. The normalized spacial score (nSPS) is 33.2. The Labute approximate surface area is 186 Å². The molecule has 2 aliphatic heterocycles. The Morgan fingerprint density at radius 2 is 1.84 bits per heavy atom. The summed E-state index contributed by atoms with van der Waals surface area (Å²) in [6.07, 6.45) is 3.65. The van der Waals surface area contributed by atoms with Gasteiger partial charge in [0.05, 0.1) is 18.8 Å². The van der Waals surface area contributed by atoms with Crippen LogP contribution in [0.4, 0.5) is 0 Å². The van der Waals surface area contributed by atoms with E-state index in [0.717, 1.165) is 56.6 Å². The summed E-state index contributed by atoms with van der Waals surface area (Å²) in [5, 5.41) is 10.6. The number of rotatable bonds is 7. The molecular formula is C25H38N2O4. The van der Waals surface area contributed by atoms with Crippen molar-refractivity contribution in [2.75, 3.05) is 46.1 Å². The maximum atomic E-state index is 10.6. The molecule has 2 aliphatic carbocycles. The molecule has 6 nitrogen and oxygen atoms in total. The minimum Gasteiger partial charge on any atom is -0.454 e. The molecule has 0 spiro atoms. The van der Waals surface area contributed by atoms with Gasteiger partial charge in [0.15, 0.2) is 11.5 Å². The second-order valence-corrected chi connectivity index (χ2v) is 10.9. The molecule has 2 saturated carbocycles. The summed E-state index contributed by atoms with van der Waals surface area (Å²) in [5.41, 5.74) is 1.88. The van der Waals surface area contributed by atoms with Gasteiger partial charge in [0, 0.05) is 39.3 Å². The summed E-state index contributed by atoms with van der Waals surface area (Å²) in [4.78, 5) is 4.84. The van der Waals surface area contributed by atoms with Crippen molar-refractivity contribution < 1.29 is 19.3 Å². The molecule has 4 aliphatic rings. The first-order valence-corrected chi connectivity index (χ1v) is 12.0. The molecule has 1 aromatic carbocycles. The molecule has 1 saturated heterocycles. The monoisotopic (exact) mass is 430 g/mol. The van der Waals surface area contributed by atoms with Crippen LogP contribution >= 0.6 is 0 Å². The Hall–Kier alpha value is -1.34. The molecule has 2 heterocycles. The van der Waals surface area contributed by atoms with Gasteiger partial charge in [0.25, 0.3) is 0 Å². The Kier molecular flexibility index (Phi) is 5.70. The van der Waals surface area contributed by atoms with Gasteiger partial charge < -0.3 is 19.3 Å². The summed E-state index contributed by atoms with van der Waals surface area (Å²) in [6.45, 7) is 13.6. The zero-order valence-corrected chi connectivity index (χ0v) is 19.3. The summed E-state index contributed by atoms with van der Waals surface area (Å²) >= 11 is 0. The molecule has 5 rings (SSSR count). The summed E-state index contributed by atoms with van der Waals surface area (Å²) in [6, 6.07) is 6.22. The van der Waals surface area contributed by atoms with Crippen LogP contribution in [0.3, 0.4) is 0 Å². The van der Waals surface area contributed by atoms with E-state index in [1.54, 1.807) is 0 Å². The maximum absolute atomic E-state index is 10.6. The number of nitrogens with zero attached hydrogens (tertiary/aromatic N) is 2. The van der Waals surface area contributed by atoms with Gasteiger partial charge in [-0.15, -0.1) is 0 Å². The van der Waals surface area contributed by atoms with Gasteiger partial charge in [-0.2, -0.15) is 0 Å². The van der Waals surface area contributed by atoms with Crippen molar-refractivity contribution in [2.24, 2.45) is 16.7 Å². The van der Waals surface area contributed by atoms with E-state index < -0.39 is 6.10 Å². The van der Waals surface area contributed by atoms with Crippen LogP contribution in [-0.4, -0.2) is 73.2 Å². The van der Waals surface area contributed by atoms with E-state index in [1.165, 1.54) is 18.4 Å². The topological polar surface area (TPSA) is 54.4 Å². The summed E-state index contributed by atoms with van der Waals surface area (Å²) in [5.74, 6) is 2.47. The lowest BCUT2D eigenvalue weighted by Gasteiger charge is -2.39. The molecule has 6 heteroatoms. The van der Waals surface area contributed by atoms with Crippen molar-refractivity contribution in [3.63, 3.8) is 0 Å². The average molecular weight is 431 g/mol. The molecule has 2 bridgehead atoms. The molecule has 172 valence electrons. The number of aliphatic hydroxyl groups is 1. The quantitative estimate of drug-likeness (QED) is 0.717. The van der Waals surface area contributed by atoms with Crippen molar-refractivity contribution in [3.8, 4) is 11.5 Å². The van der Waals surface area contributed by atoms with Crippen LogP contribution in [0.15, 0.2) is 18.2 Å². The second kappa shape index (κ2) is 8.22. The van der Waals surface area contributed by atoms with Crippen molar-refractivity contribution in [1.29, 1.82) is 0 Å². The van der Waals surface area contributed by atoms with Gasteiger partial charge >= 0.3 is 0 Å². The third kappa shape index (κ3) is 3.97. The largest absolute Gasteiger partial charge is 0.454 e. The summed E-state index contributed by atoms with van der Waals surface area (Å²) in [7, 11) is 0. The average Bonchev–Trinajstić information content (AvgIpc) is 3.35. The lowest BCUT2D eigenvalue weighted by Crippen LogP contribution is -2.49. The van der Waals surface area contributed by atoms with Gasteiger partial charge in [-0.25, -0.2) is 0 Å². The first kappa shape index (κ1) is 21.5. The number of benzene rings is 1. The molecule has 3 fully saturated rings. The Balaban J connectivity index is 1.04. The highest BCUT2D eigenvalue weighted by atomic mass is 16.7. The van der Waals surface area contributed by atoms with E-state index in [2.05, 4.69) is 42.7 Å². The highest BCUT2D eigenvalue weighted by molar-refractivity contribution is 5.44. The Bertz CT molecular complexity index is 792. The third-order valence-electron chi connectivity index (χ3n) is 8.98. The fourth-order valence-electron chi connectivity index (χ4n) is 6.39. The fourth-order valence-corrected chi connectivity index (χ4v) is 6.39. The van der Waals surface area contributed by atoms with E-state index in [9.17, 15) is 5.11 Å². The number of β-amino-alcohol motifs (C(OH)–C–C–N with tert-alkyl or cyclic N) is 1. The van der Waals surface area contributed by atoms with Crippen molar-refractivity contribution in [2.45, 2.75) is 58.8 Å². The van der Waals surface area contributed by atoms with Gasteiger partial charge in [-0.05, 0) is 53.7 Å². The van der Waals surface area contributed by atoms with E-state index in [4.69, 9.17) is 14.2 Å². The number of piperazine rings is 1. The van der Waals surface area contributed by atoms with Crippen LogP contribution in [-0.2, 0) is 11.3 Å². The lowest BCUT2D eigenvalue weighted by molar-refractivity contribution is -0.0807. The molecule has 0 aromatic heterocycles. The third-order valence-corrected chi connectivity index (χ3v) is 8.98. The number of hydrogen-bond acceptors (Lipinski definition) is 6. The standard InChI is InChI=1S/C25H38N2O4/c1-24(2)19-6-7-25(24,3)23(13-19)29-16-20(28)15-27-10-8-26(9-11-27)14-18-4-5-21-22(12-18)31-17-30-21/h4-5,12,19-20,23,28H,6-11,13-17H2,1-3H3/t19-,20-,23-,25-/m1/s1. The van der Waals surface area contributed by atoms with Gasteiger partial charge in [0.1, 0.15) is 0 Å².